The molecule has 0 saturated heterocycles. The number of fused-ring (bicyclic) bond motifs is 5. The first-order valence-corrected chi connectivity index (χ1v) is 16.7. The summed E-state index contributed by atoms with van der Waals surface area (Å²) in [6.45, 7) is 0. The first-order chi connectivity index (χ1) is 25.2. The van der Waals surface area contributed by atoms with Gasteiger partial charge in [-0.2, -0.15) is 15.8 Å². The molecule has 1 heterocycles. The van der Waals surface area contributed by atoms with Crippen LogP contribution < -0.4 is 0 Å². The van der Waals surface area contributed by atoms with Crippen molar-refractivity contribution in [2.45, 2.75) is 0 Å². The second-order valence-corrected chi connectivity index (χ2v) is 12.6. The van der Waals surface area contributed by atoms with E-state index in [0.29, 0.717) is 33.5 Å². The van der Waals surface area contributed by atoms with Gasteiger partial charge in [-0.1, -0.05) is 115 Å². The van der Waals surface area contributed by atoms with Gasteiger partial charge in [0.2, 0.25) is 0 Å². The Morgan fingerprint density at radius 3 is 1.37 bits per heavy atom. The summed E-state index contributed by atoms with van der Waals surface area (Å²) in [5.74, 6) is 0. The molecule has 9 rings (SSSR count). The first kappa shape index (κ1) is 29.7. The van der Waals surface area contributed by atoms with Gasteiger partial charge in [-0.15, -0.1) is 0 Å². The molecule has 0 aliphatic heterocycles. The Labute approximate surface area is 294 Å². The lowest BCUT2D eigenvalue weighted by Gasteiger charge is -2.19. The van der Waals surface area contributed by atoms with E-state index in [0.717, 1.165) is 65.6 Å². The van der Waals surface area contributed by atoms with E-state index in [1.807, 2.05) is 72.8 Å². The van der Waals surface area contributed by atoms with Gasteiger partial charge in [0.1, 0.15) is 6.07 Å². The van der Waals surface area contributed by atoms with E-state index < -0.39 is 0 Å². The summed E-state index contributed by atoms with van der Waals surface area (Å²) in [5.41, 5.74) is 9.35. The van der Waals surface area contributed by atoms with Gasteiger partial charge < -0.3 is 4.57 Å². The van der Waals surface area contributed by atoms with Crippen molar-refractivity contribution in [3.05, 3.63) is 174 Å². The van der Waals surface area contributed by atoms with Gasteiger partial charge in [-0.05, 0) is 91.8 Å². The molecule has 1 aromatic heterocycles. The SMILES string of the molecule is N#Cc1cc(-c2cc(C#N)c(-n3c4ccccc4c4ccccc43)cc2C#N)cc(-c2c3ccccc3c(-c3ccccc3)c3ccccc23)c1. The van der Waals surface area contributed by atoms with Crippen LogP contribution in [0.15, 0.2) is 158 Å². The van der Waals surface area contributed by atoms with E-state index in [-0.39, 0.29) is 0 Å². The van der Waals surface area contributed by atoms with E-state index in [1.54, 1.807) is 6.07 Å². The van der Waals surface area contributed by atoms with Crippen molar-refractivity contribution in [2.24, 2.45) is 0 Å². The molecule has 0 unspecified atom stereocenters. The van der Waals surface area contributed by atoms with E-state index in [2.05, 4.69) is 102 Å². The fraction of sp³-hybridized carbons (Fsp3) is 0. The monoisotopic (exact) mass is 646 g/mol. The molecule has 0 aliphatic carbocycles. The molecule has 0 aliphatic rings. The summed E-state index contributed by atoms with van der Waals surface area (Å²) in [6.07, 6.45) is 0. The van der Waals surface area contributed by atoms with E-state index in [9.17, 15) is 15.8 Å². The molecule has 51 heavy (non-hydrogen) atoms. The average molecular weight is 647 g/mol. The van der Waals surface area contributed by atoms with Gasteiger partial charge in [0.15, 0.2) is 0 Å². The summed E-state index contributed by atoms with van der Waals surface area (Å²) in [6, 6.07) is 60.0. The molecule has 9 aromatic rings. The van der Waals surface area contributed by atoms with Crippen molar-refractivity contribution in [3.8, 4) is 57.3 Å². The van der Waals surface area contributed by atoms with E-state index >= 15 is 0 Å². The summed E-state index contributed by atoms with van der Waals surface area (Å²) in [7, 11) is 0. The van der Waals surface area contributed by atoms with Crippen molar-refractivity contribution < 1.29 is 0 Å². The molecule has 0 amide bonds. The highest BCUT2D eigenvalue weighted by Crippen LogP contribution is 2.45. The highest BCUT2D eigenvalue weighted by Gasteiger charge is 2.21. The highest BCUT2D eigenvalue weighted by molar-refractivity contribution is 6.21. The third-order valence-corrected chi connectivity index (χ3v) is 9.85. The maximum absolute atomic E-state index is 10.6. The maximum Gasteiger partial charge on any atom is 0.101 e. The number of aromatic nitrogens is 1. The van der Waals surface area contributed by atoms with Crippen LogP contribution in [0.4, 0.5) is 0 Å². The predicted molar refractivity (Wildman–Crippen MR) is 206 cm³/mol. The van der Waals surface area contributed by atoms with Gasteiger partial charge in [0.05, 0.1) is 45.5 Å². The minimum absolute atomic E-state index is 0.418. The van der Waals surface area contributed by atoms with Gasteiger partial charge in [-0.25, -0.2) is 0 Å². The Kier molecular flexibility index (Phi) is 6.93. The largest absolute Gasteiger partial charge is 0.308 e. The fourth-order valence-corrected chi connectivity index (χ4v) is 7.72. The lowest BCUT2D eigenvalue weighted by Crippen LogP contribution is -2.00. The second-order valence-electron chi connectivity index (χ2n) is 12.6. The number of hydrogen-bond donors (Lipinski definition) is 0. The van der Waals surface area contributed by atoms with Gasteiger partial charge in [0.25, 0.3) is 0 Å². The maximum atomic E-state index is 10.6. The third kappa shape index (κ3) is 4.66. The Morgan fingerprint density at radius 2 is 0.843 bits per heavy atom. The van der Waals surface area contributed by atoms with Gasteiger partial charge in [0, 0.05) is 16.3 Å². The van der Waals surface area contributed by atoms with Crippen LogP contribution in [0.3, 0.4) is 0 Å². The molecule has 8 aromatic carbocycles. The van der Waals surface area contributed by atoms with Crippen LogP contribution in [0.1, 0.15) is 16.7 Å². The van der Waals surface area contributed by atoms with Crippen LogP contribution in [0.2, 0.25) is 0 Å². The van der Waals surface area contributed by atoms with E-state index in [1.165, 1.54) is 0 Å². The summed E-state index contributed by atoms with van der Waals surface area (Å²) in [5, 5.41) is 38.0. The van der Waals surface area contributed by atoms with Crippen molar-refractivity contribution in [1.82, 2.24) is 4.57 Å². The zero-order valence-electron chi connectivity index (χ0n) is 27.3. The van der Waals surface area contributed by atoms with Crippen LogP contribution in [0, 0.1) is 34.0 Å². The molecule has 0 N–H and O–H groups in total. The second kappa shape index (κ2) is 11.9. The molecular weight excluding hydrogens is 621 g/mol. The molecule has 0 atom stereocenters. The number of nitriles is 3. The van der Waals surface area contributed by atoms with Gasteiger partial charge >= 0.3 is 0 Å². The van der Waals surface area contributed by atoms with Crippen LogP contribution in [-0.2, 0) is 0 Å². The summed E-state index contributed by atoms with van der Waals surface area (Å²) >= 11 is 0. The predicted octanol–water partition coefficient (Wildman–Crippen LogP) is 11.7. The standard InChI is InChI=1S/C47H26N4/c48-27-30-22-32(42-25-35(29-50)45(26-34(42)28-49)51-43-20-10-8-14-36(43)37-15-9-11-21-44(37)51)24-33(23-30)47-40-18-6-4-16-38(40)46(31-12-2-1-3-13-31)39-17-5-7-19-41(39)47/h1-26H. The Morgan fingerprint density at radius 1 is 0.373 bits per heavy atom. The minimum Gasteiger partial charge on any atom is -0.308 e. The molecule has 0 radical (unpaired) electrons. The van der Waals surface area contributed by atoms with Crippen LogP contribution in [0.5, 0.6) is 0 Å². The highest BCUT2D eigenvalue weighted by atomic mass is 15.0. The van der Waals surface area contributed by atoms with Crippen molar-refractivity contribution in [2.75, 3.05) is 0 Å². The summed E-state index contributed by atoms with van der Waals surface area (Å²) in [4.78, 5) is 0. The molecule has 4 heteroatoms. The number of nitrogens with zero attached hydrogens (tertiary/aromatic N) is 4. The number of benzene rings is 8. The minimum atomic E-state index is 0.418. The fourth-order valence-electron chi connectivity index (χ4n) is 7.72. The number of hydrogen-bond acceptors (Lipinski definition) is 3. The molecule has 234 valence electrons. The average Bonchev–Trinajstić information content (AvgIpc) is 3.53. The topological polar surface area (TPSA) is 76.3 Å². The van der Waals surface area contributed by atoms with Crippen LogP contribution in [-0.4, -0.2) is 4.57 Å². The van der Waals surface area contributed by atoms with Crippen LogP contribution >= 0.6 is 0 Å². The quantitative estimate of drug-likeness (QED) is 0.179. The van der Waals surface area contributed by atoms with Crippen LogP contribution in [0.25, 0.3) is 82.4 Å². The Balaban J connectivity index is 1.31. The molecule has 0 saturated carbocycles. The first-order valence-electron chi connectivity index (χ1n) is 16.7. The third-order valence-electron chi connectivity index (χ3n) is 9.85. The molecule has 0 spiro atoms. The number of rotatable bonds is 4. The Hall–Kier alpha value is -7.45. The van der Waals surface area contributed by atoms with Crippen molar-refractivity contribution >= 4 is 43.4 Å². The van der Waals surface area contributed by atoms with Gasteiger partial charge in [-0.3, -0.25) is 0 Å². The number of para-hydroxylation sites is 2. The Bertz CT molecular complexity index is 2890. The lowest BCUT2D eigenvalue weighted by molar-refractivity contribution is 1.16. The lowest BCUT2D eigenvalue weighted by atomic mass is 9.84. The molecule has 0 bridgehead atoms. The van der Waals surface area contributed by atoms with Crippen molar-refractivity contribution in [1.29, 1.82) is 15.8 Å². The molecular formula is C47H26N4. The zero-order chi connectivity index (χ0) is 34.5. The normalized spacial score (nSPS) is 11.1. The van der Waals surface area contributed by atoms with E-state index in [4.69, 9.17) is 0 Å². The zero-order valence-corrected chi connectivity index (χ0v) is 27.3. The summed E-state index contributed by atoms with van der Waals surface area (Å²) < 4.78 is 2.07. The smallest absolute Gasteiger partial charge is 0.101 e. The molecule has 4 nitrogen and oxygen atoms in total. The van der Waals surface area contributed by atoms with Crippen molar-refractivity contribution in [3.63, 3.8) is 0 Å². The molecule has 0 fully saturated rings.